The SMILES string of the molecule is CCN(CC)S(=O)(=O)c1ccc(=O)n(Cc2ccc(Cl)cc2)c1. The first kappa shape index (κ1) is 17.7. The molecule has 0 amide bonds. The van der Waals surface area contributed by atoms with Gasteiger partial charge in [0, 0.05) is 30.4 Å². The molecule has 23 heavy (non-hydrogen) atoms. The van der Waals surface area contributed by atoms with E-state index in [2.05, 4.69) is 0 Å². The quantitative estimate of drug-likeness (QED) is 0.801. The van der Waals surface area contributed by atoms with E-state index in [-0.39, 0.29) is 17.0 Å². The molecule has 0 N–H and O–H groups in total. The summed E-state index contributed by atoms with van der Waals surface area (Å²) in [4.78, 5) is 12.1. The van der Waals surface area contributed by atoms with E-state index in [1.807, 2.05) is 0 Å². The molecule has 0 saturated heterocycles. The Balaban J connectivity index is 2.39. The van der Waals surface area contributed by atoms with Crippen LogP contribution in [0.1, 0.15) is 19.4 Å². The Bertz CT molecular complexity index is 825. The van der Waals surface area contributed by atoms with Crippen LogP contribution in [-0.2, 0) is 16.6 Å². The van der Waals surface area contributed by atoms with Crippen molar-refractivity contribution in [3.63, 3.8) is 0 Å². The molecular weight excluding hydrogens is 336 g/mol. The van der Waals surface area contributed by atoms with Crippen LogP contribution >= 0.6 is 11.6 Å². The van der Waals surface area contributed by atoms with Gasteiger partial charge < -0.3 is 4.57 Å². The van der Waals surface area contributed by atoms with E-state index >= 15 is 0 Å². The van der Waals surface area contributed by atoms with Crippen molar-refractivity contribution in [3.8, 4) is 0 Å². The summed E-state index contributed by atoms with van der Waals surface area (Å²) in [6.45, 7) is 4.62. The highest BCUT2D eigenvalue weighted by Crippen LogP contribution is 2.15. The molecule has 0 radical (unpaired) electrons. The molecule has 0 spiro atoms. The summed E-state index contributed by atoms with van der Waals surface area (Å²) in [6.07, 6.45) is 1.39. The van der Waals surface area contributed by atoms with Gasteiger partial charge in [-0.3, -0.25) is 4.79 Å². The largest absolute Gasteiger partial charge is 0.310 e. The van der Waals surface area contributed by atoms with Crippen LogP contribution in [0.2, 0.25) is 5.02 Å². The molecule has 0 saturated carbocycles. The number of nitrogens with zero attached hydrogens (tertiary/aromatic N) is 2. The molecule has 1 aromatic heterocycles. The number of benzene rings is 1. The Morgan fingerprint density at radius 3 is 2.22 bits per heavy atom. The van der Waals surface area contributed by atoms with Gasteiger partial charge in [-0.1, -0.05) is 37.6 Å². The molecule has 0 fully saturated rings. The van der Waals surface area contributed by atoms with Crippen molar-refractivity contribution in [2.24, 2.45) is 0 Å². The molecule has 7 heteroatoms. The van der Waals surface area contributed by atoms with Gasteiger partial charge in [0.2, 0.25) is 10.0 Å². The molecule has 0 aliphatic carbocycles. The first-order valence-corrected chi connectivity index (χ1v) is 9.15. The summed E-state index contributed by atoms with van der Waals surface area (Å²) in [7, 11) is -3.59. The maximum atomic E-state index is 12.5. The van der Waals surface area contributed by atoms with Crippen molar-refractivity contribution in [3.05, 3.63) is 63.5 Å². The highest BCUT2D eigenvalue weighted by molar-refractivity contribution is 7.89. The van der Waals surface area contributed by atoms with Crippen LogP contribution in [0.3, 0.4) is 0 Å². The van der Waals surface area contributed by atoms with Gasteiger partial charge in [0.1, 0.15) is 0 Å². The fraction of sp³-hybridized carbons (Fsp3) is 0.312. The summed E-state index contributed by atoms with van der Waals surface area (Å²) >= 11 is 5.84. The van der Waals surface area contributed by atoms with Gasteiger partial charge in [-0.05, 0) is 23.8 Å². The van der Waals surface area contributed by atoms with Gasteiger partial charge >= 0.3 is 0 Å². The smallest absolute Gasteiger partial charge is 0.250 e. The number of aromatic nitrogens is 1. The van der Waals surface area contributed by atoms with E-state index in [1.165, 1.54) is 27.2 Å². The number of rotatable bonds is 6. The Labute approximate surface area is 141 Å². The Hall–Kier alpha value is -1.63. The molecule has 0 unspecified atom stereocenters. The van der Waals surface area contributed by atoms with E-state index in [1.54, 1.807) is 38.1 Å². The van der Waals surface area contributed by atoms with Crippen molar-refractivity contribution < 1.29 is 8.42 Å². The first-order chi connectivity index (χ1) is 10.9. The highest BCUT2D eigenvalue weighted by Gasteiger charge is 2.22. The third-order valence-electron chi connectivity index (χ3n) is 3.57. The van der Waals surface area contributed by atoms with Crippen molar-refractivity contribution in [1.29, 1.82) is 0 Å². The summed E-state index contributed by atoms with van der Waals surface area (Å²) < 4.78 is 27.8. The van der Waals surface area contributed by atoms with Gasteiger partial charge in [0.15, 0.2) is 0 Å². The molecule has 0 bridgehead atoms. The fourth-order valence-electron chi connectivity index (χ4n) is 2.28. The van der Waals surface area contributed by atoms with Gasteiger partial charge in [-0.15, -0.1) is 0 Å². The maximum absolute atomic E-state index is 12.5. The minimum absolute atomic E-state index is 0.120. The molecule has 2 aromatic rings. The molecule has 1 heterocycles. The summed E-state index contributed by atoms with van der Waals surface area (Å²) in [6, 6.07) is 9.72. The van der Waals surface area contributed by atoms with Crippen LogP contribution in [0.4, 0.5) is 0 Å². The Morgan fingerprint density at radius 1 is 1.04 bits per heavy atom. The minimum Gasteiger partial charge on any atom is -0.310 e. The number of pyridine rings is 1. The van der Waals surface area contributed by atoms with Crippen LogP contribution in [0, 0.1) is 0 Å². The lowest BCUT2D eigenvalue weighted by Gasteiger charge is -2.19. The minimum atomic E-state index is -3.59. The van der Waals surface area contributed by atoms with Crippen LogP contribution in [0.15, 0.2) is 52.3 Å². The van der Waals surface area contributed by atoms with Crippen LogP contribution in [0.5, 0.6) is 0 Å². The molecule has 1 aromatic carbocycles. The zero-order valence-corrected chi connectivity index (χ0v) is 14.6. The second kappa shape index (κ2) is 7.29. The van der Waals surface area contributed by atoms with Gasteiger partial charge in [-0.25, -0.2) is 8.42 Å². The van der Waals surface area contributed by atoms with Crippen molar-refractivity contribution >= 4 is 21.6 Å². The van der Waals surface area contributed by atoms with E-state index in [0.29, 0.717) is 18.1 Å². The summed E-state index contributed by atoms with van der Waals surface area (Å²) in [5.74, 6) is 0. The van der Waals surface area contributed by atoms with E-state index in [0.717, 1.165) is 5.56 Å². The lowest BCUT2D eigenvalue weighted by Crippen LogP contribution is -2.32. The lowest BCUT2D eigenvalue weighted by molar-refractivity contribution is 0.444. The zero-order chi connectivity index (χ0) is 17.0. The third kappa shape index (κ3) is 4.02. The Kier molecular flexibility index (Phi) is 5.62. The maximum Gasteiger partial charge on any atom is 0.250 e. The second-order valence-corrected chi connectivity index (χ2v) is 7.42. The van der Waals surface area contributed by atoms with E-state index < -0.39 is 10.0 Å². The van der Waals surface area contributed by atoms with Crippen molar-refractivity contribution in [2.45, 2.75) is 25.3 Å². The predicted molar refractivity (Wildman–Crippen MR) is 91.4 cm³/mol. The van der Waals surface area contributed by atoms with Crippen LogP contribution < -0.4 is 5.56 Å². The van der Waals surface area contributed by atoms with Crippen molar-refractivity contribution in [2.75, 3.05) is 13.1 Å². The monoisotopic (exact) mass is 354 g/mol. The molecular formula is C16H19ClN2O3S. The average Bonchev–Trinajstić information content (AvgIpc) is 2.52. The average molecular weight is 355 g/mol. The number of sulfonamides is 1. The number of hydrogen-bond acceptors (Lipinski definition) is 3. The van der Waals surface area contributed by atoms with Gasteiger partial charge in [-0.2, -0.15) is 4.31 Å². The molecule has 124 valence electrons. The standard InChI is InChI=1S/C16H19ClN2O3S/c1-3-19(4-2)23(21,22)15-9-10-16(20)18(12-15)11-13-5-7-14(17)8-6-13/h5-10,12H,3-4,11H2,1-2H3. The van der Waals surface area contributed by atoms with Gasteiger partial charge in [0.05, 0.1) is 11.4 Å². The number of hydrogen-bond donors (Lipinski definition) is 0. The summed E-state index contributed by atoms with van der Waals surface area (Å²) in [5, 5.41) is 0.610. The zero-order valence-electron chi connectivity index (χ0n) is 13.1. The molecule has 0 aliphatic rings. The number of halogens is 1. The highest BCUT2D eigenvalue weighted by atomic mass is 35.5. The Morgan fingerprint density at radius 2 is 1.65 bits per heavy atom. The third-order valence-corrected chi connectivity index (χ3v) is 5.85. The topological polar surface area (TPSA) is 59.4 Å². The van der Waals surface area contributed by atoms with E-state index in [4.69, 9.17) is 11.6 Å². The molecule has 2 rings (SSSR count). The van der Waals surface area contributed by atoms with Crippen molar-refractivity contribution in [1.82, 2.24) is 8.87 Å². The normalized spacial score (nSPS) is 11.8. The van der Waals surface area contributed by atoms with Crippen LogP contribution in [0.25, 0.3) is 0 Å². The summed E-state index contributed by atoms with van der Waals surface area (Å²) in [5.41, 5.74) is 0.618. The van der Waals surface area contributed by atoms with E-state index in [9.17, 15) is 13.2 Å². The lowest BCUT2D eigenvalue weighted by atomic mass is 10.2. The molecule has 5 nitrogen and oxygen atoms in total. The second-order valence-electron chi connectivity index (χ2n) is 5.05. The molecule has 0 aliphatic heterocycles. The fourth-order valence-corrected chi connectivity index (χ4v) is 3.89. The first-order valence-electron chi connectivity index (χ1n) is 7.33. The molecule has 0 atom stereocenters. The van der Waals surface area contributed by atoms with Crippen LogP contribution in [-0.4, -0.2) is 30.4 Å². The predicted octanol–water partition coefficient (Wildman–Crippen LogP) is 2.58. The van der Waals surface area contributed by atoms with Gasteiger partial charge in [0.25, 0.3) is 5.56 Å².